The molecule has 140 valence electrons. The first kappa shape index (κ1) is 19.9. The first-order valence-corrected chi connectivity index (χ1v) is 7.83. The van der Waals surface area contributed by atoms with Crippen LogP contribution in [-0.2, 0) is 22.3 Å². The van der Waals surface area contributed by atoms with Gasteiger partial charge in [-0.2, -0.15) is 13.2 Å². The molecule has 8 heteroatoms. The van der Waals surface area contributed by atoms with Crippen LogP contribution in [0.4, 0.5) is 18.9 Å². The van der Waals surface area contributed by atoms with Crippen molar-refractivity contribution in [3.63, 3.8) is 0 Å². The molecule has 0 aliphatic heterocycles. The number of rotatable bonds is 6. The number of hydrogen-bond donors (Lipinski definition) is 3. The molecule has 0 heterocycles. The SMILES string of the molecule is N=C(/C=C\C(=O)Nc1ccccc1)C(=O)NCc1cccc(C(F)(F)F)c1. The van der Waals surface area contributed by atoms with Crippen LogP contribution in [0, 0.1) is 5.41 Å². The number of nitrogens with one attached hydrogen (secondary N) is 3. The van der Waals surface area contributed by atoms with Crippen molar-refractivity contribution in [1.29, 1.82) is 5.41 Å². The lowest BCUT2D eigenvalue weighted by Gasteiger charge is -2.09. The Morgan fingerprint density at radius 2 is 1.70 bits per heavy atom. The molecule has 0 aromatic heterocycles. The molecule has 2 aromatic rings. The molecular weight excluding hydrogens is 359 g/mol. The fraction of sp³-hybridized carbons (Fsp3) is 0.105. The molecule has 0 saturated carbocycles. The van der Waals surface area contributed by atoms with Gasteiger partial charge in [-0.3, -0.25) is 15.0 Å². The lowest BCUT2D eigenvalue weighted by atomic mass is 10.1. The summed E-state index contributed by atoms with van der Waals surface area (Å²) in [5.74, 6) is -1.33. The van der Waals surface area contributed by atoms with Crippen LogP contribution in [0.25, 0.3) is 0 Å². The Morgan fingerprint density at radius 3 is 2.37 bits per heavy atom. The molecule has 0 aliphatic carbocycles. The average molecular weight is 375 g/mol. The molecule has 0 spiro atoms. The van der Waals surface area contributed by atoms with Crippen molar-refractivity contribution in [2.45, 2.75) is 12.7 Å². The molecule has 2 rings (SSSR count). The highest BCUT2D eigenvalue weighted by molar-refractivity contribution is 6.42. The number of alkyl halides is 3. The van der Waals surface area contributed by atoms with Crippen molar-refractivity contribution < 1.29 is 22.8 Å². The van der Waals surface area contributed by atoms with Crippen molar-refractivity contribution in [3.05, 3.63) is 77.9 Å². The standard InChI is InChI=1S/C19H16F3N3O2/c20-19(21,22)14-6-4-5-13(11-14)12-24-18(27)16(23)9-10-17(26)25-15-7-2-1-3-8-15/h1-11,23H,12H2,(H,24,27)(H,25,26)/b10-9-,23-16?. The number of carbonyl (C=O) groups is 2. The van der Waals surface area contributed by atoms with Gasteiger partial charge < -0.3 is 10.6 Å². The van der Waals surface area contributed by atoms with Gasteiger partial charge in [0.25, 0.3) is 5.91 Å². The van der Waals surface area contributed by atoms with E-state index in [2.05, 4.69) is 10.6 Å². The largest absolute Gasteiger partial charge is 0.416 e. The number of amides is 2. The molecule has 0 fully saturated rings. The van der Waals surface area contributed by atoms with Gasteiger partial charge in [0.05, 0.1) is 5.56 Å². The second-order valence-corrected chi connectivity index (χ2v) is 5.48. The van der Waals surface area contributed by atoms with E-state index in [1.165, 1.54) is 12.1 Å². The van der Waals surface area contributed by atoms with Gasteiger partial charge in [-0.25, -0.2) is 0 Å². The Hall–Kier alpha value is -3.42. The van der Waals surface area contributed by atoms with Gasteiger partial charge >= 0.3 is 6.18 Å². The van der Waals surface area contributed by atoms with Crippen LogP contribution in [0.3, 0.4) is 0 Å². The number of halogens is 3. The Labute approximate surface area is 153 Å². The predicted molar refractivity (Wildman–Crippen MR) is 95.2 cm³/mol. The minimum atomic E-state index is -4.47. The van der Waals surface area contributed by atoms with Gasteiger partial charge in [0, 0.05) is 18.3 Å². The highest BCUT2D eigenvalue weighted by Gasteiger charge is 2.30. The fourth-order valence-corrected chi connectivity index (χ4v) is 2.08. The second kappa shape index (κ2) is 8.79. The first-order chi connectivity index (χ1) is 12.8. The lowest BCUT2D eigenvalue weighted by Crippen LogP contribution is -2.29. The molecule has 5 nitrogen and oxygen atoms in total. The van der Waals surface area contributed by atoms with Gasteiger partial charge in [0.15, 0.2) is 0 Å². The van der Waals surface area contributed by atoms with Crippen molar-refractivity contribution in [2.75, 3.05) is 5.32 Å². The second-order valence-electron chi connectivity index (χ2n) is 5.48. The van der Waals surface area contributed by atoms with Gasteiger partial charge in [-0.15, -0.1) is 0 Å². The molecule has 3 N–H and O–H groups in total. The van der Waals surface area contributed by atoms with Gasteiger partial charge in [0.1, 0.15) is 5.71 Å². The van der Waals surface area contributed by atoms with E-state index in [4.69, 9.17) is 5.41 Å². The zero-order valence-electron chi connectivity index (χ0n) is 14.0. The number of carbonyl (C=O) groups excluding carboxylic acids is 2. The summed E-state index contributed by atoms with van der Waals surface area (Å²) in [7, 11) is 0. The van der Waals surface area contributed by atoms with Crippen molar-refractivity contribution in [2.24, 2.45) is 0 Å². The Bertz CT molecular complexity index is 862. The summed E-state index contributed by atoms with van der Waals surface area (Å²) in [4.78, 5) is 23.5. The average Bonchev–Trinajstić information content (AvgIpc) is 2.64. The zero-order chi connectivity index (χ0) is 19.9. The summed E-state index contributed by atoms with van der Waals surface area (Å²) in [5.41, 5.74) is -0.503. The molecule has 0 saturated heterocycles. The molecule has 2 aromatic carbocycles. The van der Waals surface area contributed by atoms with E-state index >= 15 is 0 Å². The Balaban J connectivity index is 1.87. The van der Waals surface area contributed by atoms with E-state index in [1.54, 1.807) is 30.3 Å². The van der Waals surface area contributed by atoms with E-state index in [0.29, 0.717) is 5.69 Å². The summed E-state index contributed by atoms with van der Waals surface area (Å²) in [6, 6.07) is 13.2. The lowest BCUT2D eigenvalue weighted by molar-refractivity contribution is -0.137. The minimum absolute atomic E-state index is 0.171. The number of para-hydroxylation sites is 1. The minimum Gasteiger partial charge on any atom is -0.347 e. The predicted octanol–water partition coefficient (Wildman–Crippen LogP) is 3.54. The third-order valence-electron chi connectivity index (χ3n) is 3.39. The molecule has 0 atom stereocenters. The van der Waals surface area contributed by atoms with E-state index in [9.17, 15) is 22.8 Å². The maximum absolute atomic E-state index is 12.7. The third kappa shape index (κ3) is 6.43. The van der Waals surface area contributed by atoms with Gasteiger partial charge in [-0.05, 0) is 35.9 Å². The van der Waals surface area contributed by atoms with Crippen LogP contribution in [0.2, 0.25) is 0 Å². The number of benzene rings is 2. The Kier molecular flexibility index (Phi) is 6.48. The molecule has 0 aliphatic rings. The van der Waals surface area contributed by atoms with Crippen LogP contribution >= 0.6 is 0 Å². The van der Waals surface area contributed by atoms with Crippen LogP contribution < -0.4 is 10.6 Å². The summed E-state index contributed by atoms with van der Waals surface area (Å²) >= 11 is 0. The first-order valence-electron chi connectivity index (χ1n) is 7.83. The number of anilines is 1. The number of hydrogen-bond acceptors (Lipinski definition) is 3. The zero-order valence-corrected chi connectivity index (χ0v) is 14.0. The smallest absolute Gasteiger partial charge is 0.347 e. The van der Waals surface area contributed by atoms with Crippen LogP contribution in [-0.4, -0.2) is 17.5 Å². The summed E-state index contributed by atoms with van der Waals surface area (Å²) in [6.45, 7) is -0.171. The van der Waals surface area contributed by atoms with Crippen LogP contribution in [0.1, 0.15) is 11.1 Å². The summed E-state index contributed by atoms with van der Waals surface area (Å²) < 4.78 is 38.0. The van der Waals surface area contributed by atoms with Crippen LogP contribution in [0.5, 0.6) is 0 Å². The van der Waals surface area contributed by atoms with Crippen molar-refractivity contribution in [1.82, 2.24) is 5.32 Å². The highest BCUT2D eigenvalue weighted by atomic mass is 19.4. The quantitative estimate of drug-likeness (QED) is 0.533. The van der Waals surface area contributed by atoms with E-state index in [-0.39, 0.29) is 12.1 Å². The third-order valence-corrected chi connectivity index (χ3v) is 3.39. The molecule has 27 heavy (non-hydrogen) atoms. The van der Waals surface area contributed by atoms with E-state index in [1.807, 2.05) is 0 Å². The van der Waals surface area contributed by atoms with E-state index < -0.39 is 29.3 Å². The van der Waals surface area contributed by atoms with Gasteiger partial charge in [-0.1, -0.05) is 30.3 Å². The van der Waals surface area contributed by atoms with E-state index in [0.717, 1.165) is 24.3 Å². The summed E-state index contributed by atoms with van der Waals surface area (Å²) in [5, 5.41) is 12.5. The fourth-order valence-electron chi connectivity index (χ4n) is 2.08. The monoisotopic (exact) mass is 375 g/mol. The van der Waals surface area contributed by atoms with Crippen LogP contribution in [0.15, 0.2) is 66.7 Å². The Morgan fingerprint density at radius 1 is 1.00 bits per heavy atom. The maximum atomic E-state index is 12.7. The normalized spacial score (nSPS) is 11.2. The molecular formula is C19H16F3N3O2. The topological polar surface area (TPSA) is 82.1 Å². The van der Waals surface area contributed by atoms with Crippen molar-refractivity contribution in [3.8, 4) is 0 Å². The summed E-state index contributed by atoms with van der Waals surface area (Å²) in [6.07, 6.45) is -2.43. The highest BCUT2D eigenvalue weighted by Crippen LogP contribution is 2.29. The molecule has 0 bridgehead atoms. The van der Waals surface area contributed by atoms with Gasteiger partial charge in [0.2, 0.25) is 5.91 Å². The van der Waals surface area contributed by atoms with Crippen molar-refractivity contribution >= 4 is 23.2 Å². The molecule has 2 amide bonds. The molecule has 0 unspecified atom stereocenters. The molecule has 0 radical (unpaired) electrons. The maximum Gasteiger partial charge on any atom is 0.416 e.